The number of carbonyl (C=O) groups excluding carboxylic acids is 3. The zero-order valence-electron chi connectivity index (χ0n) is 23.5. The maximum Gasteiger partial charge on any atom is 0.290 e. The number of fused-ring (bicyclic) bond motifs is 2. The standard InChI is InChI=1S/C31H40N4O5/c1-3-22(2)24(30(38)35-14-11-31(12-15-35)10-8-23-6-4-5-7-25(23)31)20-27(36)26(21-34-16-18-39-19-17-34)33-29(37)28-9-13-32-40-28/h4-10,13,22,24,26H,3,11-12,14-21H2,1-2H3,(H,33,37)/t22-,24-,26-/m0/s1. The second kappa shape index (κ2) is 12.5. The van der Waals surface area contributed by atoms with Gasteiger partial charge in [-0.05, 0) is 29.9 Å². The van der Waals surface area contributed by atoms with Crippen molar-refractivity contribution in [1.29, 1.82) is 0 Å². The van der Waals surface area contributed by atoms with E-state index in [0.29, 0.717) is 45.9 Å². The molecule has 3 aliphatic rings. The molecule has 5 rings (SSSR count). The van der Waals surface area contributed by atoms with Crippen LogP contribution in [-0.2, 0) is 19.7 Å². The molecule has 0 saturated carbocycles. The van der Waals surface area contributed by atoms with E-state index in [1.165, 1.54) is 23.4 Å². The smallest absolute Gasteiger partial charge is 0.290 e. The van der Waals surface area contributed by atoms with Gasteiger partial charge in [-0.2, -0.15) is 0 Å². The summed E-state index contributed by atoms with van der Waals surface area (Å²) in [6.07, 6.45) is 8.53. The number of allylic oxidation sites excluding steroid dienone is 1. The minimum absolute atomic E-state index is 0.0106. The molecule has 1 aromatic heterocycles. The molecular formula is C31H40N4O5. The molecule has 2 fully saturated rings. The lowest BCUT2D eigenvalue weighted by Crippen LogP contribution is -2.52. The minimum atomic E-state index is -0.764. The van der Waals surface area contributed by atoms with Crippen LogP contribution in [0.3, 0.4) is 0 Å². The van der Waals surface area contributed by atoms with Crippen molar-refractivity contribution in [3.63, 3.8) is 0 Å². The lowest BCUT2D eigenvalue weighted by Gasteiger charge is -2.41. The average Bonchev–Trinajstić information content (AvgIpc) is 3.65. The Morgan fingerprint density at radius 2 is 1.82 bits per heavy atom. The van der Waals surface area contributed by atoms with Gasteiger partial charge < -0.3 is 19.5 Å². The van der Waals surface area contributed by atoms with Crippen molar-refractivity contribution in [3.05, 3.63) is 59.5 Å². The van der Waals surface area contributed by atoms with Gasteiger partial charge in [0.1, 0.15) is 6.04 Å². The van der Waals surface area contributed by atoms with Crippen LogP contribution in [0.2, 0.25) is 0 Å². The van der Waals surface area contributed by atoms with Crippen LogP contribution < -0.4 is 5.32 Å². The normalized spacial score (nSPS) is 20.6. The number of ether oxygens (including phenoxy) is 1. The fourth-order valence-electron chi connectivity index (χ4n) is 6.24. The molecule has 1 aliphatic carbocycles. The Labute approximate surface area is 235 Å². The molecule has 0 radical (unpaired) electrons. The number of aromatic nitrogens is 1. The monoisotopic (exact) mass is 548 g/mol. The van der Waals surface area contributed by atoms with Crippen molar-refractivity contribution < 1.29 is 23.6 Å². The van der Waals surface area contributed by atoms with E-state index in [2.05, 4.69) is 58.7 Å². The third kappa shape index (κ3) is 6.05. The number of hydrogen-bond donors (Lipinski definition) is 1. The first-order chi connectivity index (χ1) is 19.4. The molecule has 40 heavy (non-hydrogen) atoms. The van der Waals surface area contributed by atoms with Crippen molar-refractivity contribution in [1.82, 2.24) is 20.3 Å². The lowest BCUT2D eigenvalue weighted by molar-refractivity contribution is -0.141. The summed E-state index contributed by atoms with van der Waals surface area (Å²) in [5.41, 5.74) is 2.61. The summed E-state index contributed by atoms with van der Waals surface area (Å²) in [5.74, 6) is -0.930. The van der Waals surface area contributed by atoms with E-state index < -0.39 is 17.9 Å². The number of rotatable bonds is 10. The number of ketones is 1. The number of likely N-dealkylation sites (tertiary alicyclic amines) is 1. The lowest BCUT2D eigenvalue weighted by atomic mass is 9.74. The molecule has 1 N–H and O–H groups in total. The molecule has 0 bridgehead atoms. The molecule has 1 spiro atoms. The van der Waals surface area contributed by atoms with Gasteiger partial charge in [-0.15, -0.1) is 0 Å². The molecule has 2 aromatic rings. The third-order valence-corrected chi connectivity index (χ3v) is 9.02. The SMILES string of the molecule is CC[C@H](C)[C@H](CC(=O)[C@H](CN1CCOCC1)NC(=O)c1ccno1)C(=O)N1CCC2(C=Cc3ccccc32)CC1. The highest BCUT2D eigenvalue weighted by Gasteiger charge is 2.41. The highest BCUT2D eigenvalue weighted by molar-refractivity contribution is 5.97. The maximum absolute atomic E-state index is 13.9. The molecule has 0 unspecified atom stereocenters. The Hall–Kier alpha value is -3.30. The fourth-order valence-corrected chi connectivity index (χ4v) is 6.24. The van der Waals surface area contributed by atoms with Gasteiger partial charge in [0, 0.05) is 56.5 Å². The van der Waals surface area contributed by atoms with E-state index in [1.807, 2.05) is 11.8 Å². The minimum Gasteiger partial charge on any atom is -0.379 e. The zero-order valence-corrected chi connectivity index (χ0v) is 23.5. The second-order valence-corrected chi connectivity index (χ2v) is 11.4. The molecule has 2 amide bonds. The first-order valence-corrected chi connectivity index (χ1v) is 14.5. The maximum atomic E-state index is 13.9. The van der Waals surface area contributed by atoms with Gasteiger partial charge in [-0.1, -0.05) is 61.8 Å². The van der Waals surface area contributed by atoms with Gasteiger partial charge in [-0.25, -0.2) is 0 Å². The van der Waals surface area contributed by atoms with E-state index in [9.17, 15) is 14.4 Å². The first-order valence-electron chi connectivity index (χ1n) is 14.5. The van der Waals surface area contributed by atoms with Crippen molar-refractivity contribution >= 4 is 23.7 Å². The number of hydrogen-bond acceptors (Lipinski definition) is 7. The third-order valence-electron chi connectivity index (χ3n) is 9.02. The Kier molecular flexibility index (Phi) is 8.81. The number of Topliss-reactive ketones (excluding diaryl/α,β-unsaturated/α-hetero) is 1. The van der Waals surface area contributed by atoms with E-state index in [-0.39, 0.29) is 35.2 Å². The van der Waals surface area contributed by atoms with Crippen LogP contribution >= 0.6 is 0 Å². The molecule has 9 heteroatoms. The van der Waals surface area contributed by atoms with Crippen LogP contribution in [0.4, 0.5) is 0 Å². The summed E-state index contributed by atoms with van der Waals surface area (Å²) < 4.78 is 10.5. The number of piperidine rings is 1. The topological polar surface area (TPSA) is 105 Å². The van der Waals surface area contributed by atoms with Gasteiger partial charge in [0.2, 0.25) is 11.7 Å². The van der Waals surface area contributed by atoms with Gasteiger partial charge in [-0.3, -0.25) is 19.3 Å². The summed E-state index contributed by atoms with van der Waals surface area (Å²) in [6, 6.07) is 9.21. The average molecular weight is 549 g/mol. The predicted molar refractivity (Wildman–Crippen MR) is 151 cm³/mol. The molecule has 3 atom stereocenters. The van der Waals surface area contributed by atoms with Gasteiger partial charge in [0.25, 0.3) is 5.91 Å². The molecular weight excluding hydrogens is 508 g/mol. The molecule has 214 valence electrons. The van der Waals surface area contributed by atoms with E-state index in [4.69, 9.17) is 9.26 Å². The quantitative estimate of drug-likeness (QED) is 0.486. The largest absolute Gasteiger partial charge is 0.379 e. The summed E-state index contributed by atoms with van der Waals surface area (Å²) in [6.45, 7) is 8.32. The molecule has 2 saturated heterocycles. The van der Waals surface area contributed by atoms with Crippen molar-refractivity contribution in [3.8, 4) is 0 Å². The van der Waals surface area contributed by atoms with E-state index >= 15 is 0 Å². The van der Waals surface area contributed by atoms with Crippen molar-refractivity contribution in [2.24, 2.45) is 11.8 Å². The fraction of sp³-hybridized carbons (Fsp3) is 0.548. The number of nitrogens with one attached hydrogen (secondary N) is 1. The van der Waals surface area contributed by atoms with Crippen molar-refractivity contribution in [2.75, 3.05) is 45.9 Å². The van der Waals surface area contributed by atoms with Crippen LogP contribution in [0.1, 0.15) is 61.2 Å². The van der Waals surface area contributed by atoms with Gasteiger partial charge >= 0.3 is 0 Å². The molecule has 9 nitrogen and oxygen atoms in total. The summed E-state index contributed by atoms with van der Waals surface area (Å²) in [7, 11) is 0. The van der Waals surface area contributed by atoms with Gasteiger partial charge in [0.15, 0.2) is 5.78 Å². The molecule has 3 heterocycles. The highest BCUT2D eigenvalue weighted by Crippen LogP contribution is 2.44. The number of benzene rings is 1. The van der Waals surface area contributed by atoms with E-state index in [1.54, 1.807) is 0 Å². The first kappa shape index (κ1) is 28.2. The summed E-state index contributed by atoms with van der Waals surface area (Å²) >= 11 is 0. The number of nitrogens with zero attached hydrogens (tertiary/aromatic N) is 3. The summed E-state index contributed by atoms with van der Waals surface area (Å²) in [4.78, 5) is 44.6. The zero-order chi connectivity index (χ0) is 28.1. The van der Waals surface area contributed by atoms with Crippen LogP contribution in [0.15, 0.2) is 47.1 Å². The Bertz CT molecular complexity index is 1210. The van der Waals surface area contributed by atoms with Crippen LogP contribution in [0, 0.1) is 11.8 Å². The number of amides is 2. The van der Waals surface area contributed by atoms with Crippen LogP contribution in [0.5, 0.6) is 0 Å². The molecule has 1 aromatic carbocycles. The highest BCUT2D eigenvalue weighted by atomic mass is 16.5. The molecule has 2 aliphatic heterocycles. The Morgan fingerprint density at radius 3 is 2.52 bits per heavy atom. The van der Waals surface area contributed by atoms with Gasteiger partial charge in [0.05, 0.1) is 19.4 Å². The van der Waals surface area contributed by atoms with E-state index in [0.717, 1.165) is 19.3 Å². The summed E-state index contributed by atoms with van der Waals surface area (Å²) in [5, 5.41) is 6.46. The van der Waals surface area contributed by atoms with Crippen LogP contribution in [-0.4, -0.2) is 84.5 Å². The van der Waals surface area contributed by atoms with Crippen molar-refractivity contribution in [2.45, 2.75) is 51.0 Å². The predicted octanol–water partition coefficient (Wildman–Crippen LogP) is 3.31. The Balaban J connectivity index is 1.27. The number of morpholine rings is 1. The number of carbonyl (C=O) groups is 3. The van der Waals surface area contributed by atoms with Crippen LogP contribution in [0.25, 0.3) is 6.08 Å². The Morgan fingerprint density at radius 1 is 1.07 bits per heavy atom. The second-order valence-electron chi connectivity index (χ2n) is 11.4.